The number of nitrogens with one attached hydrogen (secondary N) is 1. The summed E-state index contributed by atoms with van der Waals surface area (Å²) in [7, 11) is 0. The molecular weight excluding hydrogens is 258 g/mol. The number of hydrogen-bond acceptors (Lipinski definition) is 3. The summed E-state index contributed by atoms with van der Waals surface area (Å²) in [6, 6.07) is 0. The lowest BCUT2D eigenvalue weighted by Crippen LogP contribution is -2.41. The molecule has 0 aromatic heterocycles. The van der Waals surface area contributed by atoms with Crippen LogP contribution in [0.3, 0.4) is 0 Å². The monoisotopic (exact) mass is 291 g/mol. The van der Waals surface area contributed by atoms with E-state index in [0.717, 1.165) is 5.92 Å². The SMILES string of the molecule is CCCN(CCN(CC)CC)CC1CCCNC1.Cl. The van der Waals surface area contributed by atoms with Crippen molar-refractivity contribution in [2.45, 2.75) is 40.0 Å². The lowest BCUT2D eigenvalue weighted by Gasteiger charge is -2.31. The van der Waals surface area contributed by atoms with Crippen LogP contribution in [0.15, 0.2) is 0 Å². The van der Waals surface area contributed by atoms with Crippen LogP contribution in [0.1, 0.15) is 40.0 Å². The topological polar surface area (TPSA) is 18.5 Å². The minimum absolute atomic E-state index is 0. The molecule has 0 aromatic rings. The molecule has 0 aromatic carbocycles. The molecule has 1 N–H and O–H groups in total. The third kappa shape index (κ3) is 8.13. The first-order valence-corrected chi connectivity index (χ1v) is 7.95. The molecule has 3 nitrogen and oxygen atoms in total. The zero-order valence-electron chi connectivity index (χ0n) is 13.2. The average Bonchev–Trinajstić information content (AvgIpc) is 2.41. The van der Waals surface area contributed by atoms with Crippen LogP contribution in [0, 0.1) is 5.92 Å². The molecule has 1 unspecified atom stereocenters. The molecule has 4 heteroatoms. The summed E-state index contributed by atoms with van der Waals surface area (Å²) in [5.74, 6) is 0.877. The second kappa shape index (κ2) is 12.0. The molecule has 1 atom stereocenters. The molecule has 0 aliphatic carbocycles. The van der Waals surface area contributed by atoms with Crippen LogP contribution in [0.4, 0.5) is 0 Å². The van der Waals surface area contributed by atoms with Gasteiger partial charge in [0.25, 0.3) is 0 Å². The van der Waals surface area contributed by atoms with Crippen molar-refractivity contribution in [3.05, 3.63) is 0 Å². The number of halogens is 1. The molecule has 1 heterocycles. The molecule has 1 rings (SSSR count). The maximum atomic E-state index is 3.53. The van der Waals surface area contributed by atoms with Crippen molar-refractivity contribution < 1.29 is 0 Å². The van der Waals surface area contributed by atoms with Gasteiger partial charge in [-0.25, -0.2) is 0 Å². The fraction of sp³-hybridized carbons (Fsp3) is 1.00. The van der Waals surface area contributed by atoms with Crippen molar-refractivity contribution in [3.8, 4) is 0 Å². The standard InChI is InChI=1S/C15H33N3.ClH/c1-4-10-18(12-11-17(5-2)6-3)14-15-8-7-9-16-13-15;/h15-16H,4-14H2,1-3H3;1H. The molecule has 0 bridgehead atoms. The van der Waals surface area contributed by atoms with Gasteiger partial charge in [-0.05, 0) is 57.9 Å². The van der Waals surface area contributed by atoms with E-state index in [9.17, 15) is 0 Å². The van der Waals surface area contributed by atoms with Gasteiger partial charge in [0.2, 0.25) is 0 Å². The fourth-order valence-electron chi connectivity index (χ4n) is 2.88. The third-order valence-corrected chi connectivity index (χ3v) is 4.08. The summed E-state index contributed by atoms with van der Waals surface area (Å²) in [4.78, 5) is 5.21. The Morgan fingerprint density at radius 3 is 2.21 bits per heavy atom. The van der Waals surface area contributed by atoms with Crippen molar-refractivity contribution in [1.82, 2.24) is 15.1 Å². The first-order chi connectivity index (χ1) is 8.80. The molecule has 0 amide bonds. The van der Waals surface area contributed by atoms with Crippen LogP contribution in [0.5, 0.6) is 0 Å². The van der Waals surface area contributed by atoms with Crippen molar-refractivity contribution in [1.29, 1.82) is 0 Å². The van der Waals surface area contributed by atoms with Gasteiger partial charge in [-0.15, -0.1) is 12.4 Å². The van der Waals surface area contributed by atoms with Crippen LogP contribution in [-0.4, -0.2) is 62.2 Å². The van der Waals surface area contributed by atoms with Gasteiger partial charge in [0, 0.05) is 19.6 Å². The summed E-state index contributed by atoms with van der Waals surface area (Å²) in [6.07, 6.45) is 4.05. The zero-order chi connectivity index (χ0) is 13.2. The molecule has 1 fully saturated rings. The Labute approximate surface area is 126 Å². The normalized spacial score (nSPS) is 19.7. The Bertz CT molecular complexity index is 192. The molecule has 116 valence electrons. The smallest absolute Gasteiger partial charge is 0.0109 e. The second-order valence-corrected chi connectivity index (χ2v) is 5.54. The molecular formula is C15H34ClN3. The highest BCUT2D eigenvalue weighted by Gasteiger charge is 2.16. The maximum absolute atomic E-state index is 3.53. The van der Waals surface area contributed by atoms with Crippen LogP contribution in [0.2, 0.25) is 0 Å². The molecule has 1 aliphatic rings. The summed E-state index contributed by atoms with van der Waals surface area (Å²) in [5, 5.41) is 3.53. The lowest BCUT2D eigenvalue weighted by atomic mass is 9.99. The van der Waals surface area contributed by atoms with E-state index in [2.05, 4.69) is 35.9 Å². The zero-order valence-corrected chi connectivity index (χ0v) is 14.0. The Morgan fingerprint density at radius 2 is 1.68 bits per heavy atom. The van der Waals surface area contributed by atoms with Gasteiger partial charge in [-0.1, -0.05) is 20.8 Å². The van der Waals surface area contributed by atoms with Gasteiger partial charge in [0.05, 0.1) is 0 Å². The Morgan fingerprint density at radius 1 is 1.00 bits per heavy atom. The number of likely N-dealkylation sites (N-methyl/N-ethyl adjacent to an activating group) is 1. The van der Waals surface area contributed by atoms with Gasteiger partial charge in [-0.2, -0.15) is 0 Å². The van der Waals surface area contributed by atoms with E-state index < -0.39 is 0 Å². The van der Waals surface area contributed by atoms with E-state index in [4.69, 9.17) is 0 Å². The minimum atomic E-state index is 0. The van der Waals surface area contributed by atoms with Crippen LogP contribution >= 0.6 is 12.4 Å². The van der Waals surface area contributed by atoms with Gasteiger partial charge in [0.1, 0.15) is 0 Å². The second-order valence-electron chi connectivity index (χ2n) is 5.54. The third-order valence-electron chi connectivity index (χ3n) is 4.08. The number of rotatable bonds is 9. The van der Waals surface area contributed by atoms with E-state index >= 15 is 0 Å². The molecule has 0 spiro atoms. The molecule has 19 heavy (non-hydrogen) atoms. The predicted octanol–water partition coefficient (Wildman–Crippen LogP) is 2.46. The van der Waals surface area contributed by atoms with E-state index in [1.165, 1.54) is 71.6 Å². The first-order valence-electron chi connectivity index (χ1n) is 7.95. The number of piperidine rings is 1. The summed E-state index contributed by atoms with van der Waals surface area (Å²) in [5.41, 5.74) is 0. The highest BCUT2D eigenvalue weighted by Crippen LogP contribution is 2.12. The molecule has 1 aliphatic heterocycles. The predicted molar refractivity (Wildman–Crippen MR) is 87.4 cm³/mol. The van der Waals surface area contributed by atoms with Crippen LogP contribution in [-0.2, 0) is 0 Å². The largest absolute Gasteiger partial charge is 0.316 e. The highest BCUT2D eigenvalue weighted by molar-refractivity contribution is 5.85. The van der Waals surface area contributed by atoms with Crippen molar-refractivity contribution in [2.24, 2.45) is 5.92 Å². The maximum Gasteiger partial charge on any atom is 0.0109 e. The number of hydrogen-bond donors (Lipinski definition) is 1. The van der Waals surface area contributed by atoms with Crippen molar-refractivity contribution in [3.63, 3.8) is 0 Å². The van der Waals surface area contributed by atoms with Crippen LogP contribution < -0.4 is 5.32 Å². The van der Waals surface area contributed by atoms with E-state index in [0.29, 0.717) is 0 Å². The summed E-state index contributed by atoms with van der Waals surface area (Å²) >= 11 is 0. The average molecular weight is 292 g/mol. The quantitative estimate of drug-likeness (QED) is 0.704. The summed E-state index contributed by atoms with van der Waals surface area (Å²) < 4.78 is 0. The fourth-order valence-corrected chi connectivity index (χ4v) is 2.88. The molecule has 0 radical (unpaired) electrons. The Balaban J connectivity index is 0.00000324. The van der Waals surface area contributed by atoms with Crippen LogP contribution in [0.25, 0.3) is 0 Å². The van der Waals surface area contributed by atoms with E-state index in [1.54, 1.807) is 0 Å². The lowest BCUT2D eigenvalue weighted by molar-refractivity contribution is 0.178. The molecule has 0 saturated carbocycles. The first kappa shape index (κ1) is 19.2. The number of nitrogens with zero attached hydrogens (tertiary/aromatic N) is 2. The molecule has 1 saturated heterocycles. The van der Waals surface area contributed by atoms with E-state index in [-0.39, 0.29) is 12.4 Å². The Kier molecular flexibility index (Phi) is 12.1. The van der Waals surface area contributed by atoms with Gasteiger partial charge in [0.15, 0.2) is 0 Å². The highest BCUT2D eigenvalue weighted by atomic mass is 35.5. The van der Waals surface area contributed by atoms with Crippen molar-refractivity contribution >= 4 is 12.4 Å². The van der Waals surface area contributed by atoms with Gasteiger partial charge >= 0.3 is 0 Å². The van der Waals surface area contributed by atoms with Crippen molar-refractivity contribution in [2.75, 3.05) is 52.4 Å². The van der Waals surface area contributed by atoms with E-state index in [1.807, 2.05) is 0 Å². The minimum Gasteiger partial charge on any atom is -0.316 e. The Hall–Kier alpha value is 0.170. The van der Waals surface area contributed by atoms with Gasteiger partial charge in [-0.3, -0.25) is 0 Å². The van der Waals surface area contributed by atoms with Gasteiger partial charge < -0.3 is 15.1 Å². The summed E-state index contributed by atoms with van der Waals surface area (Å²) in [6.45, 7) is 16.7.